The van der Waals surface area contributed by atoms with Crippen LogP contribution in [0, 0.1) is 5.92 Å². The quantitative estimate of drug-likeness (QED) is 0.752. The molecule has 2 aromatic carbocycles. The van der Waals surface area contributed by atoms with Crippen molar-refractivity contribution in [1.82, 2.24) is 10.2 Å². The number of benzene rings is 2. The van der Waals surface area contributed by atoms with Gasteiger partial charge in [0.25, 0.3) is 5.91 Å². The average Bonchev–Trinajstić information content (AvgIpc) is 3.01. The summed E-state index contributed by atoms with van der Waals surface area (Å²) < 4.78 is 5.62. The Morgan fingerprint density at radius 1 is 1.22 bits per heavy atom. The number of amides is 1. The number of fused-ring (bicyclic) bond motifs is 1. The Hall–Kier alpha value is -2.82. The second-order valence-corrected chi connectivity index (χ2v) is 5.86. The number of nitrogens with one attached hydrogen (secondary N) is 2. The number of rotatable bonds is 5. The van der Waals surface area contributed by atoms with Crippen molar-refractivity contribution in [1.29, 1.82) is 0 Å². The fourth-order valence-corrected chi connectivity index (χ4v) is 2.18. The molecule has 0 fully saturated rings. The minimum absolute atomic E-state index is 0.153. The number of hydrogen-bond donors (Lipinski definition) is 2. The van der Waals surface area contributed by atoms with Crippen molar-refractivity contribution in [3.8, 4) is 5.75 Å². The molecule has 1 amide bonds. The van der Waals surface area contributed by atoms with Gasteiger partial charge in [-0.05, 0) is 48.4 Å². The van der Waals surface area contributed by atoms with Crippen LogP contribution >= 0.6 is 0 Å². The molecule has 0 spiro atoms. The van der Waals surface area contributed by atoms with E-state index < -0.39 is 0 Å². The summed E-state index contributed by atoms with van der Waals surface area (Å²) in [4.78, 5) is 12.3. The highest BCUT2D eigenvalue weighted by Gasteiger charge is 2.07. The molecule has 2 N–H and O–H groups in total. The fraction of sp³-hybridized carbons (Fsp3) is 0.222. The highest BCUT2D eigenvalue weighted by molar-refractivity contribution is 6.05. The summed E-state index contributed by atoms with van der Waals surface area (Å²) in [6.07, 6.45) is 1.75. The van der Waals surface area contributed by atoms with E-state index in [4.69, 9.17) is 4.74 Å². The Morgan fingerprint density at radius 2 is 2.00 bits per heavy atom. The summed E-state index contributed by atoms with van der Waals surface area (Å²) in [5.74, 6) is 1.09. The number of ether oxygens (including phenoxy) is 1. The number of aromatic amines is 1. The van der Waals surface area contributed by atoms with Crippen LogP contribution in [0.3, 0.4) is 0 Å². The number of aromatic nitrogens is 2. The van der Waals surface area contributed by atoms with Crippen LogP contribution in [0.5, 0.6) is 5.75 Å². The molecule has 5 nitrogen and oxygen atoms in total. The first-order valence-electron chi connectivity index (χ1n) is 7.59. The van der Waals surface area contributed by atoms with Crippen molar-refractivity contribution in [2.45, 2.75) is 13.8 Å². The third-order valence-electron chi connectivity index (χ3n) is 3.40. The molecule has 1 heterocycles. The van der Waals surface area contributed by atoms with Gasteiger partial charge in [-0.25, -0.2) is 0 Å². The smallest absolute Gasteiger partial charge is 0.255 e. The van der Waals surface area contributed by atoms with Crippen LogP contribution < -0.4 is 10.1 Å². The second-order valence-electron chi connectivity index (χ2n) is 5.86. The van der Waals surface area contributed by atoms with Gasteiger partial charge in [0.1, 0.15) is 5.75 Å². The Kier molecular flexibility index (Phi) is 4.28. The summed E-state index contributed by atoms with van der Waals surface area (Å²) in [5.41, 5.74) is 2.21. The molecular weight excluding hydrogens is 290 g/mol. The average molecular weight is 309 g/mol. The topological polar surface area (TPSA) is 67.0 Å². The molecule has 0 unspecified atom stereocenters. The molecule has 0 atom stereocenters. The van der Waals surface area contributed by atoms with Crippen LogP contribution in [-0.2, 0) is 0 Å². The molecule has 23 heavy (non-hydrogen) atoms. The molecule has 0 aliphatic carbocycles. The summed E-state index contributed by atoms with van der Waals surface area (Å²) in [5, 5.41) is 10.7. The van der Waals surface area contributed by atoms with Crippen LogP contribution in [0.2, 0.25) is 0 Å². The van der Waals surface area contributed by atoms with E-state index in [1.165, 1.54) is 0 Å². The van der Waals surface area contributed by atoms with E-state index in [2.05, 4.69) is 29.4 Å². The monoisotopic (exact) mass is 309 g/mol. The minimum Gasteiger partial charge on any atom is -0.493 e. The highest BCUT2D eigenvalue weighted by Crippen LogP contribution is 2.18. The number of anilines is 1. The zero-order chi connectivity index (χ0) is 16.2. The van der Waals surface area contributed by atoms with E-state index in [-0.39, 0.29) is 5.91 Å². The molecule has 0 saturated heterocycles. The molecule has 0 saturated carbocycles. The van der Waals surface area contributed by atoms with Crippen molar-refractivity contribution in [2.24, 2.45) is 5.92 Å². The van der Waals surface area contributed by atoms with Crippen molar-refractivity contribution in [3.63, 3.8) is 0 Å². The molecule has 118 valence electrons. The lowest BCUT2D eigenvalue weighted by Crippen LogP contribution is -2.12. The fourth-order valence-electron chi connectivity index (χ4n) is 2.18. The van der Waals surface area contributed by atoms with Gasteiger partial charge in [0, 0.05) is 16.6 Å². The normalized spacial score (nSPS) is 10.9. The predicted octanol–water partition coefficient (Wildman–Crippen LogP) is 3.85. The number of nitrogens with zero attached hydrogens (tertiary/aromatic N) is 1. The standard InChI is InChI=1S/C18H19N3O2/c1-12(2)11-23-16-7-4-13(5-8-16)18(22)20-15-6-3-14-10-19-21-17(14)9-15/h3-10,12H,11H2,1-2H3,(H,19,21)(H,20,22). The highest BCUT2D eigenvalue weighted by atomic mass is 16.5. The van der Waals surface area contributed by atoms with Crippen LogP contribution in [0.15, 0.2) is 48.7 Å². The van der Waals surface area contributed by atoms with Crippen molar-refractivity contribution in [3.05, 3.63) is 54.2 Å². The van der Waals surface area contributed by atoms with E-state index in [1.807, 2.05) is 30.3 Å². The molecule has 3 aromatic rings. The maximum atomic E-state index is 12.3. The first-order valence-corrected chi connectivity index (χ1v) is 7.59. The van der Waals surface area contributed by atoms with E-state index in [0.29, 0.717) is 18.1 Å². The minimum atomic E-state index is -0.153. The first-order chi connectivity index (χ1) is 11.1. The van der Waals surface area contributed by atoms with Crippen molar-refractivity contribution >= 4 is 22.5 Å². The number of carbonyl (C=O) groups excluding carboxylic acids is 1. The van der Waals surface area contributed by atoms with Crippen molar-refractivity contribution < 1.29 is 9.53 Å². The maximum absolute atomic E-state index is 12.3. The summed E-state index contributed by atoms with van der Waals surface area (Å²) >= 11 is 0. The van der Waals surface area contributed by atoms with Crippen LogP contribution in [0.4, 0.5) is 5.69 Å². The van der Waals surface area contributed by atoms with Gasteiger partial charge in [-0.1, -0.05) is 13.8 Å². The SMILES string of the molecule is CC(C)COc1ccc(C(=O)Nc2ccc3cn[nH]c3c2)cc1. The zero-order valence-electron chi connectivity index (χ0n) is 13.2. The first kappa shape index (κ1) is 15.1. The van der Waals surface area contributed by atoms with Gasteiger partial charge < -0.3 is 10.1 Å². The van der Waals surface area contributed by atoms with Gasteiger partial charge in [0.15, 0.2) is 0 Å². The Bertz CT molecular complexity index is 807. The Labute approximate surface area is 134 Å². The van der Waals surface area contributed by atoms with Gasteiger partial charge in [0.2, 0.25) is 0 Å². The van der Waals surface area contributed by atoms with Gasteiger partial charge in [-0.15, -0.1) is 0 Å². The van der Waals surface area contributed by atoms with Gasteiger partial charge in [-0.2, -0.15) is 5.10 Å². The molecule has 5 heteroatoms. The van der Waals surface area contributed by atoms with E-state index in [0.717, 1.165) is 22.3 Å². The molecular formula is C18H19N3O2. The predicted molar refractivity (Wildman–Crippen MR) is 90.8 cm³/mol. The molecule has 1 aromatic heterocycles. The lowest BCUT2D eigenvalue weighted by Gasteiger charge is -2.09. The lowest BCUT2D eigenvalue weighted by molar-refractivity contribution is 0.102. The summed E-state index contributed by atoms with van der Waals surface area (Å²) in [6.45, 7) is 4.85. The number of carbonyl (C=O) groups is 1. The van der Waals surface area contributed by atoms with E-state index in [1.54, 1.807) is 18.3 Å². The third kappa shape index (κ3) is 3.69. The lowest BCUT2D eigenvalue weighted by atomic mass is 10.2. The second kappa shape index (κ2) is 6.52. The summed E-state index contributed by atoms with van der Waals surface area (Å²) in [7, 11) is 0. The van der Waals surface area contributed by atoms with Gasteiger partial charge >= 0.3 is 0 Å². The Morgan fingerprint density at radius 3 is 2.74 bits per heavy atom. The zero-order valence-corrected chi connectivity index (χ0v) is 13.2. The van der Waals surface area contributed by atoms with Crippen molar-refractivity contribution in [2.75, 3.05) is 11.9 Å². The van der Waals surface area contributed by atoms with Crippen LogP contribution in [0.25, 0.3) is 10.9 Å². The van der Waals surface area contributed by atoms with Crippen LogP contribution in [0.1, 0.15) is 24.2 Å². The van der Waals surface area contributed by atoms with E-state index in [9.17, 15) is 4.79 Å². The molecule has 0 aliphatic heterocycles. The number of hydrogen-bond acceptors (Lipinski definition) is 3. The Balaban J connectivity index is 1.67. The largest absolute Gasteiger partial charge is 0.493 e. The van der Waals surface area contributed by atoms with Crippen LogP contribution in [-0.4, -0.2) is 22.7 Å². The third-order valence-corrected chi connectivity index (χ3v) is 3.40. The molecule has 3 rings (SSSR count). The number of H-pyrrole nitrogens is 1. The van der Waals surface area contributed by atoms with Gasteiger partial charge in [0.05, 0.1) is 18.3 Å². The maximum Gasteiger partial charge on any atom is 0.255 e. The molecule has 0 aliphatic rings. The molecule has 0 bridgehead atoms. The van der Waals surface area contributed by atoms with Gasteiger partial charge in [-0.3, -0.25) is 9.89 Å². The van der Waals surface area contributed by atoms with E-state index >= 15 is 0 Å². The molecule has 0 radical (unpaired) electrons. The summed E-state index contributed by atoms with van der Waals surface area (Å²) in [6, 6.07) is 12.8.